The van der Waals surface area contributed by atoms with Crippen LogP contribution in [0.3, 0.4) is 0 Å². The summed E-state index contributed by atoms with van der Waals surface area (Å²) in [5.74, 6) is -1.10. The molecule has 1 unspecified atom stereocenters. The summed E-state index contributed by atoms with van der Waals surface area (Å²) in [5.41, 5.74) is 1.31. The highest BCUT2D eigenvalue weighted by Gasteiger charge is 2.23. The maximum absolute atomic E-state index is 11.2. The second kappa shape index (κ2) is 3.97. The summed E-state index contributed by atoms with van der Waals surface area (Å²) in [6.07, 6.45) is 1.72. The third-order valence-corrected chi connectivity index (χ3v) is 1.77. The van der Waals surface area contributed by atoms with Crippen molar-refractivity contribution in [2.45, 2.75) is 6.92 Å². The number of aliphatic imine (C=N–C) groups is 1. The number of carbonyl (C=O) groups excluding carboxylic acids is 1. The number of hydrogen-bond acceptors (Lipinski definition) is 3. The third-order valence-electron chi connectivity index (χ3n) is 1.77. The van der Waals surface area contributed by atoms with E-state index in [-0.39, 0.29) is 0 Å². The van der Waals surface area contributed by atoms with Crippen LogP contribution >= 0.6 is 0 Å². The van der Waals surface area contributed by atoms with Crippen molar-refractivity contribution in [1.29, 1.82) is 5.26 Å². The zero-order valence-electron chi connectivity index (χ0n) is 7.57. The van der Waals surface area contributed by atoms with Gasteiger partial charge in [-0.1, -0.05) is 0 Å². The summed E-state index contributed by atoms with van der Waals surface area (Å²) in [6.45, 7) is 2.05. The number of rotatable bonds is 2. The van der Waals surface area contributed by atoms with Crippen LogP contribution in [0, 0.1) is 17.2 Å². The van der Waals surface area contributed by atoms with Gasteiger partial charge < -0.3 is 4.74 Å². The SMILES string of the molecule is COCC1=NC(=O)C(C#N)C(C)=C1. The second-order valence-corrected chi connectivity index (χ2v) is 2.82. The van der Waals surface area contributed by atoms with Gasteiger partial charge in [-0.25, -0.2) is 4.99 Å². The quantitative estimate of drug-likeness (QED) is 0.625. The minimum Gasteiger partial charge on any atom is -0.378 e. The van der Waals surface area contributed by atoms with Crippen molar-refractivity contribution in [2.24, 2.45) is 10.9 Å². The first kappa shape index (κ1) is 9.62. The Bertz CT molecular complexity index is 323. The molecule has 0 saturated heterocycles. The second-order valence-electron chi connectivity index (χ2n) is 2.82. The van der Waals surface area contributed by atoms with Crippen molar-refractivity contribution in [2.75, 3.05) is 13.7 Å². The molecule has 4 heteroatoms. The van der Waals surface area contributed by atoms with Crippen LogP contribution in [-0.4, -0.2) is 25.3 Å². The fourth-order valence-corrected chi connectivity index (χ4v) is 1.16. The van der Waals surface area contributed by atoms with Crippen LogP contribution in [0.25, 0.3) is 0 Å². The van der Waals surface area contributed by atoms with Gasteiger partial charge in [-0.15, -0.1) is 0 Å². The molecule has 0 saturated carbocycles. The minimum absolute atomic E-state index is 0.307. The molecule has 13 heavy (non-hydrogen) atoms. The molecule has 0 aromatic rings. The fraction of sp³-hybridized carbons (Fsp3) is 0.444. The van der Waals surface area contributed by atoms with Crippen LogP contribution in [0.2, 0.25) is 0 Å². The van der Waals surface area contributed by atoms with E-state index >= 15 is 0 Å². The van der Waals surface area contributed by atoms with Crippen molar-refractivity contribution in [3.63, 3.8) is 0 Å². The van der Waals surface area contributed by atoms with E-state index in [4.69, 9.17) is 10.00 Å². The van der Waals surface area contributed by atoms with Crippen LogP contribution in [0.15, 0.2) is 16.6 Å². The maximum atomic E-state index is 11.2. The lowest BCUT2D eigenvalue weighted by atomic mass is 9.97. The Morgan fingerprint density at radius 1 is 1.77 bits per heavy atom. The van der Waals surface area contributed by atoms with Crippen LogP contribution in [0.4, 0.5) is 0 Å². The van der Waals surface area contributed by atoms with E-state index in [1.807, 2.05) is 6.07 Å². The van der Waals surface area contributed by atoms with Crippen molar-refractivity contribution in [1.82, 2.24) is 0 Å². The molecule has 68 valence electrons. The first-order valence-electron chi connectivity index (χ1n) is 3.87. The Hall–Kier alpha value is -1.47. The van der Waals surface area contributed by atoms with E-state index in [0.717, 1.165) is 5.57 Å². The number of hydrogen-bond donors (Lipinski definition) is 0. The molecule has 0 radical (unpaired) electrons. The lowest BCUT2D eigenvalue weighted by Crippen LogP contribution is -2.21. The number of amides is 1. The molecule has 0 spiro atoms. The van der Waals surface area contributed by atoms with Crippen molar-refractivity contribution >= 4 is 11.6 Å². The van der Waals surface area contributed by atoms with Gasteiger partial charge in [0.15, 0.2) is 0 Å². The standard InChI is InChI=1S/C9H10N2O2/c1-6-3-7(5-13-2)11-9(12)8(6)4-10/h3,8H,5H2,1-2H3. The van der Waals surface area contributed by atoms with Gasteiger partial charge in [0.25, 0.3) is 5.91 Å². The molecule has 1 rings (SSSR count). The summed E-state index contributed by atoms with van der Waals surface area (Å²) in [6, 6.07) is 1.90. The summed E-state index contributed by atoms with van der Waals surface area (Å²) in [7, 11) is 1.53. The first-order chi connectivity index (χ1) is 6.19. The Morgan fingerprint density at radius 2 is 2.46 bits per heavy atom. The van der Waals surface area contributed by atoms with Gasteiger partial charge in [0.1, 0.15) is 5.92 Å². The fourth-order valence-electron chi connectivity index (χ4n) is 1.16. The molecule has 4 nitrogen and oxygen atoms in total. The van der Waals surface area contributed by atoms with Gasteiger partial charge in [0.2, 0.25) is 0 Å². The minimum atomic E-state index is -0.708. The van der Waals surface area contributed by atoms with Crippen molar-refractivity contribution < 1.29 is 9.53 Å². The Kier molecular flexibility index (Phi) is 2.93. The molecule has 0 aromatic carbocycles. The van der Waals surface area contributed by atoms with Gasteiger partial charge in [-0.3, -0.25) is 4.79 Å². The molecular formula is C9H10N2O2. The summed E-state index contributed by atoms with van der Waals surface area (Å²) in [5, 5.41) is 8.64. The van der Waals surface area contributed by atoms with Gasteiger partial charge in [0, 0.05) is 7.11 Å². The molecular weight excluding hydrogens is 168 g/mol. The molecule has 1 aliphatic rings. The number of dihydropyridines is 1. The first-order valence-corrected chi connectivity index (χ1v) is 3.87. The largest absolute Gasteiger partial charge is 0.378 e. The van der Waals surface area contributed by atoms with Crippen LogP contribution in [0.1, 0.15) is 6.92 Å². The molecule has 0 fully saturated rings. The van der Waals surface area contributed by atoms with Crippen molar-refractivity contribution in [3.8, 4) is 6.07 Å². The monoisotopic (exact) mass is 178 g/mol. The molecule has 0 aliphatic carbocycles. The van der Waals surface area contributed by atoms with Crippen LogP contribution < -0.4 is 0 Å². The van der Waals surface area contributed by atoms with Crippen molar-refractivity contribution in [3.05, 3.63) is 11.6 Å². The van der Waals surface area contributed by atoms with Crippen LogP contribution in [0.5, 0.6) is 0 Å². The molecule has 1 amide bonds. The van der Waals surface area contributed by atoms with Gasteiger partial charge in [-0.2, -0.15) is 5.26 Å². The number of nitriles is 1. The summed E-state index contributed by atoms with van der Waals surface area (Å²) >= 11 is 0. The summed E-state index contributed by atoms with van der Waals surface area (Å²) in [4.78, 5) is 14.9. The average molecular weight is 178 g/mol. The molecule has 0 bridgehead atoms. The number of methoxy groups -OCH3 is 1. The molecule has 0 N–H and O–H groups in total. The van der Waals surface area contributed by atoms with E-state index in [1.165, 1.54) is 7.11 Å². The predicted octanol–water partition coefficient (Wildman–Crippen LogP) is 0.700. The Balaban J connectivity index is 2.88. The van der Waals surface area contributed by atoms with E-state index < -0.39 is 11.8 Å². The highest BCUT2D eigenvalue weighted by atomic mass is 16.5. The zero-order chi connectivity index (χ0) is 9.84. The van der Waals surface area contributed by atoms with Gasteiger partial charge >= 0.3 is 0 Å². The smallest absolute Gasteiger partial charge is 0.267 e. The summed E-state index contributed by atoms with van der Waals surface area (Å²) < 4.78 is 4.84. The van der Waals surface area contributed by atoms with E-state index in [9.17, 15) is 4.79 Å². The molecule has 1 aliphatic heterocycles. The predicted molar refractivity (Wildman–Crippen MR) is 47.2 cm³/mol. The Labute approximate surface area is 76.5 Å². The highest BCUT2D eigenvalue weighted by molar-refractivity contribution is 6.08. The molecule has 1 atom stereocenters. The van der Waals surface area contributed by atoms with Gasteiger partial charge in [-0.05, 0) is 18.6 Å². The lowest BCUT2D eigenvalue weighted by molar-refractivity contribution is -0.119. The van der Waals surface area contributed by atoms with E-state index in [1.54, 1.807) is 13.0 Å². The molecule has 1 heterocycles. The Morgan fingerprint density at radius 3 is 2.92 bits per heavy atom. The number of nitrogens with zero attached hydrogens (tertiary/aromatic N) is 2. The molecule has 0 aromatic heterocycles. The number of ether oxygens (including phenoxy) is 1. The lowest BCUT2D eigenvalue weighted by Gasteiger charge is -2.12. The third kappa shape index (κ3) is 2.01. The zero-order valence-corrected chi connectivity index (χ0v) is 7.57. The highest BCUT2D eigenvalue weighted by Crippen LogP contribution is 2.16. The van der Waals surface area contributed by atoms with Gasteiger partial charge in [0.05, 0.1) is 18.4 Å². The maximum Gasteiger partial charge on any atom is 0.267 e. The average Bonchev–Trinajstić information content (AvgIpc) is 2.04. The topological polar surface area (TPSA) is 62.4 Å². The normalized spacial score (nSPS) is 21.9. The van der Waals surface area contributed by atoms with Crippen LogP contribution in [-0.2, 0) is 9.53 Å². The van der Waals surface area contributed by atoms with E-state index in [0.29, 0.717) is 12.3 Å². The van der Waals surface area contributed by atoms with E-state index in [2.05, 4.69) is 4.99 Å². The number of carbonyl (C=O) groups is 1.